The monoisotopic (exact) mass is 291 g/mol. The molecule has 1 amide bonds. The third kappa shape index (κ3) is 4.09. The van der Waals surface area contributed by atoms with E-state index in [0.717, 1.165) is 25.7 Å². The molecule has 1 aromatic rings. The van der Waals surface area contributed by atoms with Crippen LogP contribution in [0, 0.1) is 16.0 Å². The van der Waals surface area contributed by atoms with Gasteiger partial charge < -0.3 is 10.1 Å². The number of benzene rings is 1. The summed E-state index contributed by atoms with van der Waals surface area (Å²) in [4.78, 5) is 35.0. The Bertz CT molecular complexity index is 547. The van der Waals surface area contributed by atoms with Gasteiger partial charge in [-0.25, -0.2) is 0 Å². The van der Waals surface area contributed by atoms with E-state index in [1.54, 1.807) is 12.1 Å². The van der Waals surface area contributed by atoms with Crippen molar-refractivity contribution in [3.63, 3.8) is 0 Å². The van der Waals surface area contributed by atoms with Gasteiger partial charge in [-0.2, -0.15) is 0 Å². The average Bonchev–Trinajstić information content (AvgIpc) is 2.47. The first-order chi connectivity index (χ1) is 10.1. The molecule has 1 heterocycles. The fraction of sp³-hybridized carbons (Fsp3) is 0.429. The molecular weight excluding hydrogens is 274 g/mol. The molecular formula is C14H17N3O4. The van der Waals surface area contributed by atoms with Crippen LogP contribution in [0.25, 0.3) is 0 Å². The molecule has 1 aliphatic rings. The lowest BCUT2D eigenvalue weighted by Gasteiger charge is -2.29. The fourth-order valence-corrected chi connectivity index (χ4v) is 2.48. The molecule has 1 N–H and O–H groups in total. The molecule has 0 aliphatic carbocycles. The van der Waals surface area contributed by atoms with Gasteiger partial charge in [-0.05, 0) is 25.5 Å². The van der Waals surface area contributed by atoms with Crippen LogP contribution in [0.1, 0.15) is 12.8 Å². The lowest BCUT2D eigenvalue weighted by atomic mass is 10.00. The predicted molar refractivity (Wildman–Crippen MR) is 77.0 cm³/mol. The standard InChI is InChI=1S/C14H17N3O4/c18-10-11-4-3-7-16(8-11)9-14(19)15-12-5-1-2-6-13(12)17(20)21/h1-2,5-6,10-11H,3-4,7-9H2,(H,15,19). The van der Waals surface area contributed by atoms with Crippen LogP contribution in [-0.4, -0.2) is 41.7 Å². The second-order valence-electron chi connectivity index (χ2n) is 5.10. The summed E-state index contributed by atoms with van der Waals surface area (Å²) in [6, 6.07) is 6.03. The lowest BCUT2D eigenvalue weighted by Crippen LogP contribution is -2.40. The van der Waals surface area contributed by atoms with E-state index in [2.05, 4.69) is 5.32 Å². The van der Waals surface area contributed by atoms with Crippen molar-refractivity contribution in [2.45, 2.75) is 12.8 Å². The number of nitro groups is 1. The lowest BCUT2D eigenvalue weighted by molar-refractivity contribution is -0.383. The second kappa shape index (κ2) is 6.94. The average molecular weight is 291 g/mol. The van der Waals surface area contributed by atoms with Crippen molar-refractivity contribution < 1.29 is 14.5 Å². The van der Waals surface area contributed by atoms with E-state index in [9.17, 15) is 19.7 Å². The topological polar surface area (TPSA) is 92.6 Å². The first-order valence-electron chi connectivity index (χ1n) is 6.81. The summed E-state index contributed by atoms with van der Waals surface area (Å²) >= 11 is 0. The SMILES string of the molecule is O=CC1CCCN(CC(=O)Nc2ccccc2[N+](=O)[O-])C1. The number of carbonyl (C=O) groups excluding carboxylic acids is 2. The van der Waals surface area contributed by atoms with Crippen LogP contribution in [-0.2, 0) is 9.59 Å². The van der Waals surface area contributed by atoms with E-state index in [-0.39, 0.29) is 29.7 Å². The maximum absolute atomic E-state index is 12.0. The molecule has 0 radical (unpaired) electrons. The Kier molecular flexibility index (Phi) is 4.99. The molecule has 7 nitrogen and oxygen atoms in total. The third-order valence-corrected chi connectivity index (χ3v) is 3.48. The van der Waals surface area contributed by atoms with Gasteiger partial charge >= 0.3 is 0 Å². The molecule has 1 atom stereocenters. The van der Waals surface area contributed by atoms with Crippen LogP contribution in [0.5, 0.6) is 0 Å². The van der Waals surface area contributed by atoms with Gasteiger partial charge in [0.1, 0.15) is 12.0 Å². The van der Waals surface area contributed by atoms with E-state index < -0.39 is 4.92 Å². The van der Waals surface area contributed by atoms with E-state index >= 15 is 0 Å². The largest absolute Gasteiger partial charge is 0.319 e. The number of aldehydes is 1. The van der Waals surface area contributed by atoms with Gasteiger partial charge in [0.15, 0.2) is 0 Å². The Hall–Kier alpha value is -2.28. The summed E-state index contributed by atoms with van der Waals surface area (Å²) in [6.45, 7) is 1.46. The molecule has 1 unspecified atom stereocenters. The van der Waals surface area contributed by atoms with E-state index in [4.69, 9.17) is 0 Å². The first-order valence-corrected chi connectivity index (χ1v) is 6.81. The molecule has 2 rings (SSSR count). The summed E-state index contributed by atoms with van der Waals surface area (Å²) in [5, 5.41) is 13.4. The van der Waals surface area contributed by atoms with Gasteiger partial charge in [0, 0.05) is 18.5 Å². The zero-order chi connectivity index (χ0) is 15.2. The highest BCUT2D eigenvalue weighted by atomic mass is 16.6. The molecule has 1 saturated heterocycles. The summed E-state index contributed by atoms with van der Waals surface area (Å²) in [5.41, 5.74) is 0.0618. The molecule has 0 saturated carbocycles. The van der Waals surface area contributed by atoms with E-state index in [1.165, 1.54) is 12.1 Å². The van der Waals surface area contributed by atoms with Gasteiger partial charge in [-0.15, -0.1) is 0 Å². The van der Waals surface area contributed by atoms with Crippen LogP contribution < -0.4 is 5.32 Å². The highest BCUT2D eigenvalue weighted by Crippen LogP contribution is 2.23. The maximum atomic E-state index is 12.0. The number of piperidine rings is 1. The number of carbonyl (C=O) groups is 2. The Balaban J connectivity index is 1.96. The van der Waals surface area contributed by atoms with E-state index in [1.807, 2.05) is 4.90 Å². The van der Waals surface area contributed by atoms with Crippen molar-refractivity contribution in [3.05, 3.63) is 34.4 Å². The molecule has 0 aromatic heterocycles. The van der Waals surface area contributed by atoms with E-state index in [0.29, 0.717) is 6.54 Å². The van der Waals surface area contributed by atoms with Crippen LogP contribution in [0.15, 0.2) is 24.3 Å². The number of nitrogens with zero attached hydrogens (tertiary/aromatic N) is 2. The molecule has 112 valence electrons. The van der Waals surface area contributed by atoms with Crippen molar-refractivity contribution in [3.8, 4) is 0 Å². The quantitative estimate of drug-likeness (QED) is 0.503. The van der Waals surface area contributed by atoms with Gasteiger partial charge in [0.25, 0.3) is 5.69 Å². The number of hydrogen-bond acceptors (Lipinski definition) is 5. The van der Waals surface area contributed by atoms with Crippen molar-refractivity contribution in [2.24, 2.45) is 5.92 Å². The molecule has 1 fully saturated rings. The number of rotatable bonds is 5. The highest BCUT2D eigenvalue weighted by Gasteiger charge is 2.22. The van der Waals surface area contributed by atoms with Gasteiger partial charge in [-0.3, -0.25) is 19.8 Å². The van der Waals surface area contributed by atoms with Crippen molar-refractivity contribution >= 4 is 23.6 Å². The minimum Gasteiger partial charge on any atom is -0.319 e. The number of likely N-dealkylation sites (tertiary alicyclic amines) is 1. The van der Waals surface area contributed by atoms with Crippen molar-refractivity contribution in [2.75, 3.05) is 25.0 Å². The summed E-state index contributed by atoms with van der Waals surface area (Å²) in [7, 11) is 0. The number of hydrogen-bond donors (Lipinski definition) is 1. The minimum absolute atomic E-state index is 0.0300. The van der Waals surface area contributed by atoms with Gasteiger partial charge in [-0.1, -0.05) is 12.1 Å². The predicted octanol–water partition coefficient (Wildman–Crippen LogP) is 1.44. The van der Waals surface area contributed by atoms with Crippen molar-refractivity contribution in [1.82, 2.24) is 4.90 Å². The number of amides is 1. The zero-order valence-corrected chi connectivity index (χ0v) is 11.5. The van der Waals surface area contributed by atoms with Crippen LogP contribution >= 0.6 is 0 Å². The Morgan fingerprint density at radius 1 is 1.48 bits per heavy atom. The highest BCUT2D eigenvalue weighted by molar-refractivity contribution is 5.94. The molecule has 0 bridgehead atoms. The molecule has 21 heavy (non-hydrogen) atoms. The van der Waals surface area contributed by atoms with Crippen LogP contribution in [0.4, 0.5) is 11.4 Å². The Labute approximate surface area is 122 Å². The molecule has 1 aliphatic heterocycles. The summed E-state index contributed by atoms with van der Waals surface area (Å²) in [6.07, 6.45) is 2.65. The first kappa shape index (κ1) is 15.1. The number of nitro benzene ring substituents is 1. The number of nitrogens with one attached hydrogen (secondary N) is 1. The zero-order valence-electron chi connectivity index (χ0n) is 11.5. The summed E-state index contributed by atoms with van der Waals surface area (Å²) < 4.78 is 0. The van der Waals surface area contributed by atoms with Crippen LogP contribution in [0.3, 0.4) is 0 Å². The Morgan fingerprint density at radius 2 is 2.24 bits per heavy atom. The molecule has 1 aromatic carbocycles. The number of anilines is 1. The maximum Gasteiger partial charge on any atom is 0.292 e. The van der Waals surface area contributed by atoms with Crippen molar-refractivity contribution in [1.29, 1.82) is 0 Å². The van der Waals surface area contributed by atoms with Crippen LogP contribution in [0.2, 0.25) is 0 Å². The fourth-order valence-electron chi connectivity index (χ4n) is 2.48. The normalized spacial score (nSPS) is 19.0. The molecule has 7 heteroatoms. The van der Waals surface area contributed by atoms with Gasteiger partial charge in [0.05, 0.1) is 11.5 Å². The molecule has 0 spiro atoms. The second-order valence-corrected chi connectivity index (χ2v) is 5.10. The van der Waals surface area contributed by atoms with Gasteiger partial charge in [0.2, 0.25) is 5.91 Å². The third-order valence-electron chi connectivity index (χ3n) is 3.48. The minimum atomic E-state index is -0.529. The summed E-state index contributed by atoms with van der Waals surface area (Å²) in [5.74, 6) is -0.339. The Morgan fingerprint density at radius 3 is 2.95 bits per heavy atom. The smallest absolute Gasteiger partial charge is 0.292 e. The number of para-hydroxylation sites is 2.